The Hall–Kier alpha value is -1.10. The number of aromatic amines is 2. The lowest BCUT2D eigenvalue weighted by molar-refractivity contribution is 0.333. The molecule has 0 spiro atoms. The lowest BCUT2D eigenvalue weighted by Gasteiger charge is -1.98. The first-order chi connectivity index (χ1) is 5.24. The molecule has 1 aromatic heterocycles. The number of hydrogen-bond acceptors (Lipinski definition) is 3. The van der Waals surface area contributed by atoms with Crippen LogP contribution in [-0.2, 0) is 0 Å². The zero-order valence-electron chi connectivity index (χ0n) is 6.01. The fraction of sp³-hybridized carbons (Fsp3) is 0.333. The molecule has 0 radical (unpaired) electrons. The Morgan fingerprint density at radius 3 is 3.00 bits per heavy atom. The van der Waals surface area contributed by atoms with E-state index in [4.69, 9.17) is 4.74 Å². The maximum atomic E-state index is 11.0. The molecule has 11 heavy (non-hydrogen) atoms. The van der Waals surface area contributed by atoms with Gasteiger partial charge in [0.05, 0.1) is 12.8 Å². The third-order valence-corrected chi connectivity index (χ3v) is 1.30. The highest BCUT2D eigenvalue weighted by Gasteiger charge is 1.96. The number of nitrogens with one attached hydrogen (secondary N) is 2. The van der Waals surface area contributed by atoms with Crippen LogP contribution in [0.1, 0.15) is 6.92 Å². The van der Waals surface area contributed by atoms with E-state index in [1.165, 1.54) is 6.20 Å². The molecule has 0 atom stereocenters. The normalized spacial score (nSPS) is 9.55. The summed E-state index contributed by atoms with van der Waals surface area (Å²) in [5, 5.41) is 0. The smallest absolute Gasteiger partial charge is 0.294 e. The summed E-state index contributed by atoms with van der Waals surface area (Å²) in [5.41, 5.74) is -0.296. The Morgan fingerprint density at radius 1 is 1.73 bits per heavy atom. The van der Waals surface area contributed by atoms with E-state index in [0.29, 0.717) is 11.4 Å². The monoisotopic (exact) mass is 172 g/mol. The molecule has 0 unspecified atom stereocenters. The van der Waals surface area contributed by atoms with Gasteiger partial charge in [-0.25, -0.2) is 0 Å². The minimum Gasteiger partial charge on any atom is -0.487 e. The van der Waals surface area contributed by atoms with Gasteiger partial charge in [-0.2, -0.15) is 0 Å². The molecule has 5 heteroatoms. The molecule has 1 aromatic rings. The number of ether oxygens (including phenoxy) is 1. The number of H-pyrrole nitrogens is 2. The molecule has 0 amide bonds. The maximum Gasteiger partial charge on any atom is 0.294 e. The quantitative estimate of drug-likeness (QED) is 0.650. The van der Waals surface area contributed by atoms with Crippen molar-refractivity contribution in [3.8, 4) is 5.75 Å². The highest BCUT2D eigenvalue weighted by molar-refractivity contribution is 7.71. The van der Waals surface area contributed by atoms with Crippen molar-refractivity contribution in [1.82, 2.24) is 9.97 Å². The van der Waals surface area contributed by atoms with E-state index in [1.54, 1.807) is 6.92 Å². The standard InChI is InChI=1S/C6H8N2O2S/c1-2-10-4-3-7-6(11)8-5(4)9/h3H,2H2,1H3,(H2,7,8,9,11). The summed E-state index contributed by atoms with van der Waals surface area (Å²) in [6.07, 6.45) is 1.45. The van der Waals surface area contributed by atoms with Crippen LogP contribution in [0, 0.1) is 4.77 Å². The molecule has 0 fully saturated rings. The van der Waals surface area contributed by atoms with Crippen molar-refractivity contribution in [2.24, 2.45) is 0 Å². The zero-order valence-corrected chi connectivity index (χ0v) is 6.83. The second kappa shape index (κ2) is 3.34. The Morgan fingerprint density at radius 2 is 2.45 bits per heavy atom. The van der Waals surface area contributed by atoms with Gasteiger partial charge >= 0.3 is 0 Å². The van der Waals surface area contributed by atoms with Gasteiger partial charge in [0.2, 0.25) is 5.75 Å². The first kappa shape index (κ1) is 8.00. The summed E-state index contributed by atoms with van der Waals surface area (Å²) >= 11 is 4.68. The van der Waals surface area contributed by atoms with Crippen molar-refractivity contribution < 1.29 is 4.74 Å². The molecule has 1 heterocycles. The summed E-state index contributed by atoms with van der Waals surface area (Å²) in [6, 6.07) is 0. The molecule has 0 saturated carbocycles. The zero-order chi connectivity index (χ0) is 8.27. The fourth-order valence-electron chi connectivity index (χ4n) is 0.660. The van der Waals surface area contributed by atoms with Gasteiger partial charge in [0.1, 0.15) is 0 Å². The second-order valence-corrected chi connectivity index (χ2v) is 2.28. The number of hydrogen-bond donors (Lipinski definition) is 2. The minimum atomic E-state index is -0.296. The second-order valence-electron chi connectivity index (χ2n) is 1.87. The van der Waals surface area contributed by atoms with Crippen molar-refractivity contribution in [1.29, 1.82) is 0 Å². The van der Waals surface area contributed by atoms with E-state index in [9.17, 15) is 4.79 Å². The van der Waals surface area contributed by atoms with Crippen LogP contribution < -0.4 is 10.3 Å². The van der Waals surface area contributed by atoms with Crippen LogP contribution >= 0.6 is 12.2 Å². The predicted molar refractivity (Wildman–Crippen MR) is 43.4 cm³/mol. The first-order valence-corrected chi connectivity index (χ1v) is 3.59. The fourth-order valence-corrected chi connectivity index (χ4v) is 0.812. The van der Waals surface area contributed by atoms with Gasteiger partial charge in [-0.3, -0.25) is 9.78 Å². The van der Waals surface area contributed by atoms with Crippen LogP contribution in [0.4, 0.5) is 0 Å². The highest BCUT2D eigenvalue weighted by Crippen LogP contribution is 1.96. The topological polar surface area (TPSA) is 57.9 Å². The van der Waals surface area contributed by atoms with Gasteiger partial charge in [-0.05, 0) is 19.1 Å². The minimum absolute atomic E-state index is 0.265. The first-order valence-electron chi connectivity index (χ1n) is 3.19. The van der Waals surface area contributed by atoms with E-state index in [1.807, 2.05) is 0 Å². The summed E-state index contributed by atoms with van der Waals surface area (Å²) in [6.45, 7) is 2.27. The van der Waals surface area contributed by atoms with Crippen molar-refractivity contribution >= 4 is 12.2 Å². The summed E-state index contributed by atoms with van der Waals surface area (Å²) in [7, 11) is 0. The van der Waals surface area contributed by atoms with Crippen LogP contribution in [-0.4, -0.2) is 16.6 Å². The van der Waals surface area contributed by atoms with Crippen LogP contribution in [0.25, 0.3) is 0 Å². The van der Waals surface area contributed by atoms with Crippen LogP contribution in [0.5, 0.6) is 5.75 Å². The van der Waals surface area contributed by atoms with Gasteiger partial charge in [0.15, 0.2) is 4.77 Å². The van der Waals surface area contributed by atoms with E-state index >= 15 is 0 Å². The van der Waals surface area contributed by atoms with E-state index in [-0.39, 0.29) is 11.3 Å². The molecule has 4 nitrogen and oxygen atoms in total. The molecular weight excluding hydrogens is 164 g/mol. The Kier molecular flexibility index (Phi) is 2.43. The van der Waals surface area contributed by atoms with Crippen LogP contribution in [0.2, 0.25) is 0 Å². The molecule has 2 N–H and O–H groups in total. The number of aromatic nitrogens is 2. The summed E-state index contributed by atoms with van der Waals surface area (Å²) in [5.74, 6) is 0.265. The molecule has 0 bridgehead atoms. The number of rotatable bonds is 2. The molecule has 0 saturated heterocycles. The van der Waals surface area contributed by atoms with Crippen LogP contribution in [0.3, 0.4) is 0 Å². The van der Waals surface area contributed by atoms with Gasteiger partial charge in [-0.15, -0.1) is 0 Å². The van der Waals surface area contributed by atoms with E-state index in [0.717, 1.165) is 0 Å². The maximum absolute atomic E-state index is 11.0. The average molecular weight is 172 g/mol. The lowest BCUT2D eigenvalue weighted by Crippen LogP contribution is -2.11. The lowest BCUT2D eigenvalue weighted by atomic mass is 10.6. The third kappa shape index (κ3) is 1.91. The van der Waals surface area contributed by atoms with Gasteiger partial charge in [0, 0.05) is 0 Å². The molecule has 0 aromatic carbocycles. The molecule has 0 aliphatic carbocycles. The van der Waals surface area contributed by atoms with Gasteiger partial charge < -0.3 is 9.72 Å². The molecule has 0 aliphatic rings. The Bertz CT molecular complexity index is 341. The largest absolute Gasteiger partial charge is 0.487 e. The van der Waals surface area contributed by atoms with Crippen molar-refractivity contribution in [3.63, 3.8) is 0 Å². The van der Waals surface area contributed by atoms with Crippen LogP contribution in [0.15, 0.2) is 11.0 Å². The SMILES string of the molecule is CCOc1c[nH]c(=S)[nH]c1=O. The molecule has 1 rings (SSSR count). The summed E-state index contributed by atoms with van der Waals surface area (Å²) < 4.78 is 5.27. The van der Waals surface area contributed by atoms with E-state index in [2.05, 4.69) is 22.2 Å². The Balaban J connectivity index is 3.10. The Labute approximate surface area is 68.2 Å². The molecule has 0 aliphatic heterocycles. The predicted octanol–water partition coefficient (Wildman–Crippen LogP) is 0.831. The van der Waals surface area contributed by atoms with Crippen molar-refractivity contribution in [2.45, 2.75) is 6.92 Å². The van der Waals surface area contributed by atoms with Gasteiger partial charge in [0.25, 0.3) is 5.56 Å². The average Bonchev–Trinajstić information content (AvgIpc) is 1.95. The van der Waals surface area contributed by atoms with E-state index < -0.39 is 0 Å². The molecule has 60 valence electrons. The highest BCUT2D eigenvalue weighted by atomic mass is 32.1. The summed E-state index contributed by atoms with van der Waals surface area (Å²) in [4.78, 5) is 16.0. The molecular formula is C6H8N2O2S. The van der Waals surface area contributed by atoms with Crippen molar-refractivity contribution in [3.05, 3.63) is 21.3 Å². The van der Waals surface area contributed by atoms with Gasteiger partial charge in [-0.1, -0.05) is 0 Å². The third-order valence-electron chi connectivity index (χ3n) is 1.09. The van der Waals surface area contributed by atoms with Crippen molar-refractivity contribution in [2.75, 3.05) is 6.61 Å².